The van der Waals surface area contributed by atoms with Gasteiger partial charge >= 0.3 is 0 Å². The van der Waals surface area contributed by atoms with Gasteiger partial charge in [-0.3, -0.25) is 0 Å². The molecule has 2 heterocycles. The first-order chi connectivity index (χ1) is 26.5. The average Bonchev–Trinajstić information content (AvgIpc) is 3.67. The Bertz CT molecular complexity index is 3060. The Morgan fingerprint density at radius 2 is 1.02 bits per heavy atom. The molecule has 11 rings (SSSR count). The van der Waals surface area contributed by atoms with Crippen LogP contribution in [0.25, 0.3) is 94.3 Å². The quantitative estimate of drug-likeness (QED) is 0.185. The molecule has 0 N–H and O–H groups in total. The number of rotatable bonds is 4. The van der Waals surface area contributed by atoms with E-state index in [1.54, 1.807) is 0 Å². The Labute approximate surface area is 313 Å². The van der Waals surface area contributed by atoms with E-state index < -0.39 is 0 Å². The van der Waals surface area contributed by atoms with Crippen LogP contribution in [0.3, 0.4) is 0 Å². The minimum atomic E-state index is -0.168. The third-order valence-corrected chi connectivity index (χ3v) is 11.4. The lowest BCUT2D eigenvalue weighted by atomic mass is 9.80. The second-order valence-electron chi connectivity index (χ2n) is 14.8. The van der Waals surface area contributed by atoms with Crippen molar-refractivity contribution in [3.05, 3.63) is 181 Å². The van der Waals surface area contributed by atoms with E-state index in [-0.39, 0.29) is 5.41 Å². The van der Waals surface area contributed by atoms with Gasteiger partial charge in [0.1, 0.15) is 0 Å². The van der Waals surface area contributed by atoms with Crippen LogP contribution in [0, 0.1) is 0 Å². The van der Waals surface area contributed by atoms with Crippen LogP contribution in [-0.2, 0) is 5.41 Å². The minimum Gasteiger partial charge on any atom is -0.309 e. The molecule has 0 amide bonds. The van der Waals surface area contributed by atoms with Gasteiger partial charge in [-0.1, -0.05) is 159 Å². The minimum absolute atomic E-state index is 0.168. The van der Waals surface area contributed by atoms with Crippen molar-refractivity contribution < 1.29 is 0 Å². The molecule has 2 aromatic heterocycles. The summed E-state index contributed by atoms with van der Waals surface area (Å²) < 4.78 is 2.46. The summed E-state index contributed by atoms with van der Waals surface area (Å²) in [6, 6.07) is 60.6. The SMILES string of the molecule is CC1(C)c2cc3c(cc2-c2ccc4ccccc4c21)c1ccccc1n3-c1cccc2c(-c3nc(-c4ccccc4)nc(-c4ccccc4)n3)cccc12. The second kappa shape index (κ2) is 11.5. The molecule has 0 aliphatic heterocycles. The van der Waals surface area contributed by atoms with Crippen molar-refractivity contribution in [3.63, 3.8) is 0 Å². The van der Waals surface area contributed by atoms with Crippen LogP contribution < -0.4 is 0 Å². The summed E-state index contributed by atoms with van der Waals surface area (Å²) in [5, 5.41) is 7.34. The lowest BCUT2D eigenvalue weighted by Crippen LogP contribution is -2.15. The summed E-state index contributed by atoms with van der Waals surface area (Å²) in [6.07, 6.45) is 0. The van der Waals surface area contributed by atoms with Crippen LogP contribution >= 0.6 is 0 Å². The Kier molecular flexibility index (Phi) is 6.56. The topological polar surface area (TPSA) is 43.6 Å². The molecule has 0 spiro atoms. The molecule has 4 heteroatoms. The Morgan fingerprint density at radius 1 is 0.407 bits per heavy atom. The van der Waals surface area contributed by atoms with E-state index in [0.29, 0.717) is 17.5 Å². The number of benzene rings is 8. The van der Waals surface area contributed by atoms with Crippen LogP contribution in [0.1, 0.15) is 25.0 Å². The van der Waals surface area contributed by atoms with Gasteiger partial charge in [0, 0.05) is 38.3 Å². The lowest BCUT2D eigenvalue weighted by molar-refractivity contribution is 0.667. The second-order valence-corrected chi connectivity index (χ2v) is 14.8. The fourth-order valence-electron chi connectivity index (χ4n) is 8.93. The van der Waals surface area contributed by atoms with E-state index in [1.807, 2.05) is 36.4 Å². The van der Waals surface area contributed by atoms with Gasteiger partial charge in [-0.2, -0.15) is 0 Å². The molecule has 0 saturated carbocycles. The zero-order chi connectivity index (χ0) is 36.0. The van der Waals surface area contributed by atoms with E-state index in [0.717, 1.165) is 33.2 Å². The molecular weight excluding hydrogens is 657 g/mol. The zero-order valence-corrected chi connectivity index (χ0v) is 30.0. The number of nitrogens with zero attached hydrogens (tertiary/aromatic N) is 4. The molecule has 254 valence electrons. The molecule has 1 aliphatic rings. The molecule has 0 radical (unpaired) electrons. The normalized spacial score (nSPS) is 13.1. The highest BCUT2D eigenvalue weighted by molar-refractivity contribution is 6.14. The molecule has 0 bridgehead atoms. The van der Waals surface area contributed by atoms with Crippen LogP contribution in [0.4, 0.5) is 0 Å². The maximum Gasteiger partial charge on any atom is 0.164 e. The molecule has 0 saturated heterocycles. The molecular formula is C50H34N4. The van der Waals surface area contributed by atoms with Gasteiger partial charge in [0.05, 0.1) is 16.7 Å². The third kappa shape index (κ3) is 4.47. The highest BCUT2D eigenvalue weighted by atomic mass is 15.0. The number of aromatic nitrogens is 4. The van der Waals surface area contributed by atoms with Crippen molar-refractivity contribution in [2.45, 2.75) is 19.3 Å². The van der Waals surface area contributed by atoms with E-state index in [4.69, 9.17) is 15.0 Å². The smallest absolute Gasteiger partial charge is 0.164 e. The average molecular weight is 691 g/mol. The van der Waals surface area contributed by atoms with Gasteiger partial charge in [-0.05, 0) is 62.7 Å². The fourth-order valence-corrected chi connectivity index (χ4v) is 8.93. The highest BCUT2D eigenvalue weighted by Crippen LogP contribution is 2.53. The van der Waals surface area contributed by atoms with Gasteiger partial charge in [0.15, 0.2) is 17.5 Å². The Morgan fingerprint density at radius 3 is 1.78 bits per heavy atom. The van der Waals surface area contributed by atoms with Crippen molar-refractivity contribution in [2.75, 3.05) is 0 Å². The monoisotopic (exact) mass is 690 g/mol. The van der Waals surface area contributed by atoms with Crippen molar-refractivity contribution in [2.24, 2.45) is 0 Å². The van der Waals surface area contributed by atoms with Gasteiger partial charge in [-0.25, -0.2) is 15.0 Å². The van der Waals surface area contributed by atoms with Crippen molar-refractivity contribution in [3.8, 4) is 51.0 Å². The van der Waals surface area contributed by atoms with Crippen molar-refractivity contribution in [1.29, 1.82) is 0 Å². The van der Waals surface area contributed by atoms with Gasteiger partial charge in [0.25, 0.3) is 0 Å². The van der Waals surface area contributed by atoms with E-state index >= 15 is 0 Å². The summed E-state index contributed by atoms with van der Waals surface area (Å²) in [5.74, 6) is 1.96. The van der Waals surface area contributed by atoms with E-state index in [9.17, 15) is 0 Å². The highest BCUT2D eigenvalue weighted by Gasteiger charge is 2.38. The Balaban J connectivity index is 1.15. The van der Waals surface area contributed by atoms with E-state index in [2.05, 4.69) is 152 Å². The Hall–Kier alpha value is -6.91. The third-order valence-electron chi connectivity index (χ3n) is 11.4. The predicted molar refractivity (Wildman–Crippen MR) is 223 cm³/mol. The first-order valence-electron chi connectivity index (χ1n) is 18.5. The molecule has 0 unspecified atom stereocenters. The maximum atomic E-state index is 5.11. The standard InChI is InChI=1S/C50H34N4/c1-50(2)42-30-45-41(29-40(42)38-28-27-31-15-9-10-20-34(31)46(38)50)37-21-11-12-25-43(37)54(45)44-26-14-22-35-36(44)23-13-24-39(35)49-52-47(32-16-5-3-6-17-32)51-48(53-49)33-18-7-4-8-19-33/h3-30H,1-2H3. The van der Waals surface area contributed by atoms with Crippen LogP contribution in [0.5, 0.6) is 0 Å². The van der Waals surface area contributed by atoms with Crippen LogP contribution in [0.2, 0.25) is 0 Å². The van der Waals surface area contributed by atoms with Crippen LogP contribution in [0.15, 0.2) is 170 Å². The first kappa shape index (κ1) is 30.7. The van der Waals surface area contributed by atoms with E-state index in [1.165, 1.54) is 54.8 Å². The molecule has 8 aromatic carbocycles. The van der Waals surface area contributed by atoms with Crippen LogP contribution in [-0.4, -0.2) is 19.5 Å². The van der Waals surface area contributed by atoms with Gasteiger partial charge < -0.3 is 4.57 Å². The maximum absolute atomic E-state index is 5.11. The summed E-state index contributed by atoms with van der Waals surface area (Å²) in [6.45, 7) is 4.77. The number of hydrogen-bond donors (Lipinski definition) is 0. The number of hydrogen-bond acceptors (Lipinski definition) is 3. The molecule has 0 atom stereocenters. The fraction of sp³-hybridized carbons (Fsp3) is 0.0600. The van der Waals surface area contributed by atoms with Gasteiger partial charge in [0.2, 0.25) is 0 Å². The van der Waals surface area contributed by atoms with Crippen molar-refractivity contribution >= 4 is 43.4 Å². The van der Waals surface area contributed by atoms with Crippen molar-refractivity contribution in [1.82, 2.24) is 19.5 Å². The van der Waals surface area contributed by atoms with Gasteiger partial charge in [-0.15, -0.1) is 0 Å². The molecule has 0 fully saturated rings. The lowest BCUT2D eigenvalue weighted by Gasteiger charge is -2.23. The zero-order valence-electron chi connectivity index (χ0n) is 30.0. The molecule has 4 nitrogen and oxygen atoms in total. The largest absolute Gasteiger partial charge is 0.309 e. The molecule has 54 heavy (non-hydrogen) atoms. The number of fused-ring (bicyclic) bond motifs is 9. The summed E-state index contributed by atoms with van der Waals surface area (Å²) in [5.41, 5.74) is 11.7. The summed E-state index contributed by atoms with van der Waals surface area (Å²) in [7, 11) is 0. The molecule has 10 aromatic rings. The predicted octanol–water partition coefficient (Wildman–Crippen LogP) is 12.6. The first-order valence-corrected chi connectivity index (χ1v) is 18.5. The summed E-state index contributed by atoms with van der Waals surface area (Å²) >= 11 is 0. The summed E-state index contributed by atoms with van der Waals surface area (Å²) in [4.78, 5) is 15.2. The molecule has 1 aliphatic carbocycles. The number of para-hydroxylation sites is 1.